The van der Waals surface area contributed by atoms with Crippen molar-refractivity contribution in [2.24, 2.45) is 5.14 Å². The van der Waals surface area contributed by atoms with E-state index in [0.29, 0.717) is 34.5 Å². The number of hydrogen-bond acceptors (Lipinski definition) is 8. The van der Waals surface area contributed by atoms with E-state index in [1.807, 2.05) is 24.3 Å². The number of hydrogen-bond donors (Lipinski definition) is 4. The van der Waals surface area contributed by atoms with Crippen LogP contribution in [0.5, 0.6) is 6.01 Å². The van der Waals surface area contributed by atoms with Gasteiger partial charge in [0.05, 0.1) is 29.4 Å². The maximum absolute atomic E-state index is 9.87. The van der Waals surface area contributed by atoms with E-state index in [9.17, 15) is 5.11 Å². The number of aliphatic hydroxyl groups is 1. The molecule has 0 bridgehead atoms. The van der Waals surface area contributed by atoms with Crippen LogP contribution in [0, 0.1) is 0 Å². The van der Waals surface area contributed by atoms with Crippen LogP contribution in [0.4, 0.5) is 5.69 Å². The zero-order valence-electron chi connectivity index (χ0n) is 16.5. The zero-order chi connectivity index (χ0) is 21.8. The van der Waals surface area contributed by atoms with Crippen LogP contribution in [0.2, 0.25) is 5.02 Å². The van der Waals surface area contributed by atoms with E-state index in [-0.39, 0.29) is 24.9 Å². The fraction of sp³-hybridized carbons (Fsp3) is 0.300. The number of nitrogens with zero attached hydrogens (tertiary/aromatic N) is 2. The number of nitrogens with two attached hydrogens (primary N) is 1. The van der Waals surface area contributed by atoms with Gasteiger partial charge < -0.3 is 29.0 Å². The summed E-state index contributed by atoms with van der Waals surface area (Å²) in [6.07, 6.45) is -1.70. The molecule has 1 aromatic carbocycles. The van der Waals surface area contributed by atoms with Gasteiger partial charge in [-0.1, -0.05) is 33.3 Å². The summed E-state index contributed by atoms with van der Waals surface area (Å²) < 4.78 is 20.2. The van der Waals surface area contributed by atoms with Crippen LogP contribution >= 0.6 is 21.2 Å². The van der Waals surface area contributed by atoms with Gasteiger partial charge in [-0.25, -0.2) is 4.98 Å². The Morgan fingerprint density at radius 2 is 1.94 bits per heavy atom. The normalized spacial score (nSPS) is 25.6. The number of fused-ring (bicyclic) bond motifs is 2. The van der Waals surface area contributed by atoms with Gasteiger partial charge in [-0.2, -0.15) is 4.98 Å². The lowest BCUT2D eigenvalue weighted by atomic mass is 10.1. The summed E-state index contributed by atoms with van der Waals surface area (Å²) in [6.45, 7) is 0.552. The van der Waals surface area contributed by atoms with Crippen LogP contribution in [0.3, 0.4) is 0 Å². The van der Waals surface area contributed by atoms with E-state index in [0.717, 1.165) is 11.3 Å². The molecule has 2 fully saturated rings. The number of aromatic amines is 1. The topological polar surface area (TPSA) is 128 Å². The average Bonchev–Trinajstić information content (AvgIpc) is 3.38. The van der Waals surface area contributed by atoms with Crippen molar-refractivity contribution in [1.29, 1.82) is 0 Å². The summed E-state index contributed by atoms with van der Waals surface area (Å²) in [5.41, 5.74) is 3.36. The molecular weight excluding hydrogens is 442 g/mol. The number of aliphatic hydroxyl groups excluding tert-OH is 1. The monoisotopic (exact) mass is 463 g/mol. The Morgan fingerprint density at radius 3 is 2.68 bits per heavy atom. The van der Waals surface area contributed by atoms with E-state index in [2.05, 4.69) is 31.4 Å². The number of rotatable bonds is 5. The van der Waals surface area contributed by atoms with Gasteiger partial charge in [0, 0.05) is 11.3 Å². The second kappa shape index (κ2) is 7.66. The first-order valence-electron chi connectivity index (χ1n) is 9.56. The highest BCUT2D eigenvalue weighted by atomic mass is 35.5. The molecule has 2 aromatic heterocycles. The Kier molecular flexibility index (Phi) is 5.08. The first-order valence-corrected chi connectivity index (χ1v) is 12.0. The van der Waals surface area contributed by atoms with Crippen LogP contribution < -0.4 is 14.6 Å². The minimum absolute atomic E-state index is 0.237. The molecule has 3 aromatic rings. The van der Waals surface area contributed by atoms with Gasteiger partial charge in [0.2, 0.25) is 0 Å². The van der Waals surface area contributed by atoms with E-state index in [1.165, 1.54) is 0 Å². The number of aromatic nitrogens is 3. The third-order valence-electron chi connectivity index (χ3n) is 5.13. The molecule has 0 amide bonds. The van der Waals surface area contributed by atoms with E-state index in [1.54, 1.807) is 6.07 Å². The van der Waals surface area contributed by atoms with Gasteiger partial charge in [0.1, 0.15) is 18.3 Å². The standard InChI is InChI=1S/C20H22ClN5O4S/c1-31(2,22)26-11-5-3-10(4-6-11)16-12(21)7-13-19(24-16)25-20(23-13)30-15-9-29-17-14(27)8-28-18(15)17/h3-7,14-15,17-18,26-27H,1-2,8-9,22H2,(H,23,24,25). The molecule has 2 saturated heterocycles. The SMILES string of the molecule is C=S(=C)(N)Nc1ccc(-c2nc3nc(OC4COC5C(O)COC45)[nH]c3cc2Cl)cc1. The van der Waals surface area contributed by atoms with Crippen molar-refractivity contribution in [3.63, 3.8) is 0 Å². The number of nitrogens with one attached hydrogen (secondary N) is 2. The maximum Gasteiger partial charge on any atom is 0.296 e. The molecule has 4 atom stereocenters. The molecule has 5 N–H and O–H groups in total. The van der Waals surface area contributed by atoms with Crippen molar-refractivity contribution in [1.82, 2.24) is 15.0 Å². The van der Waals surface area contributed by atoms with Gasteiger partial charge in [0.15, 0.2) is 11.8 Å². The van der Waals surface area contributed by atoms with Crippen molar-refractivity contribution >= 4 is 49.8 Å². The van der Waals surface area contributed by atoms with Crippen molar-refractivity contribution in [3.05, 3.63) is 35.4 Å². The van der Waals surface area contributed by atoms with Crippen LogP contribution in [0.1, 0.15) is 0 Å². The first-order chi connectivity index (χ1) is 14.8. The molecule has 5 rings (SSSR count). The number of imidazole rings is 1. The number of halogens is 1. The summed E-state index contributed by atoms with van der Waals surface area (Å²) in [6, 6.07) is 9.56. The quantitative estimate of drug-likeness (QED) is 0.423. The highest BCUT2D eigenvalue weighted by Gasteiger charge is 2.48. The lowest BCUT2D eigenvalue weighted by Crippen LogP contribution is -2.34. The fourth-order valence-electron chi connectivity index (χ4n) is 3.77. The smallest absolute Gasteiger partial charge is 0.296 e. The number of H-pyrrole nitrogens is 1. The summed E-state index contributed by atoms with van der Waals surface area (Å²) in [5.74, 6) is 7.62. The molecular formula is C20H22ClN5O4S. The van der Waals surface area contributed by atoms with Crippen molar-refractivity contribution in [3.8, 4) is 17.3 Å². The predicted molar refractivity (Wildman–Crippen MR) is 124 cm³/mol. The highest BCUT2D eigenvalue weighted by Crippen LogP contribution is 2.32. The minimum Gasteiger partial charge on any atom is -0.456 e. The lowest BCUT2D eigenvalue weighted by molar-refractivity contribution is 0.00706. The van der Waals surface area contributed by atoms with E-state index < -0.39 is 15.7 Å². The third kappa shape index (κ3) is 4.10. The summed E-state index contributed by atoms with van der Waals surface area (Å²) in [4.78, 5) is 12.1. The molecule has 0 radical (unpaired) electrons. The Bertz CT molecular complexity index is 1230. The number of pyridine rings is 1. The second-order valence-electron chi connectivity index (χ2n) is 7.67. The Labute approximate surface area is 184 Å². The van der Waals surface area contributed by atoms with Gasteiger partial charge in [0.25, 0.3) is 6.01 Å². The minimum atomic E-state index is -1.86. The highest BCUT2D eigenvalue weighted by molar-refractivity contribution is 8.26. The molecule has 31 heavy (non-hydrogen) atoms. The van der Waals surface area contributed by atoms with Crippen molar-refractivity contribution in [2.45, 2.75) is 24.4 Å². The van der Waals surface area contributed by atoms with Crippen LogP contribution in [0.25, 0.3) is 22.4 Å². The average molecular weight is 464 g/mol. The summed E-state index contributed by atoms with van der Waals surface area (Å²) in [5, 5.41) is 16.2. The molecule has 4 heterocycles. The summed E-state index contributed by atoms with van der Waals surface area (Å²) in [7, 11) is -1.86. The maximum atomic E-state index is 9.87. The van der Waals surface area contributed by atoms with Crippen molar-refractivity contribution in [2.75, 3.05) is 17.9 Å². The van der Waals surface area contributed by atoms with Gasteiger partial charge in [-0.15, -0.1) is 0 Å². The van der Waals surface area contributed by atoms with Crippen LogP contribution in [-0.4, -0.2) is 69.4 Å². The fourth-order valence-corrected chi connectivity index (χ4v) is 4.64. The lowest BCUT2D eigenvalue weighted by Gasteiger charge is -2.15. The Hall–Kier alpha value is -2.34. The molecule has 2 aliphatic heterocycles. The molecule has 0 saturated carbocycles. The number of anilines is 1. The molecule has 0 aliphatic carbocycles. The summed E-state index contributed by atoms with van der Waals surface area (Å²) >= 11 is 6.48. The van der Waals surface area contributed by atoms with Crippen molar-refractivity contribution < 1.29 is 19.3 Å². The van der Waals surface area contributed by atoms with E-state index in [4.69, 9.17) is 31.0 Å². The van der Waals surface area contributed by atoms with Gasteiger partial charge >= 0.3 is 0 Å². The molecule has 11 heteroatoms. The Balaban J connectivity index is 1.38. The van der Waals surface area contributed by atoms with Gasteiger partial charge in [-0.3, -0.25) is 5.14 Å². The second-order valence-corrected chi connectivity index (χ2v) is 10.2. The van der Waals surface area contributed by atoms with Crippen LogP contribution in [-0.2, 0) is 9.47 Å². The molecule has 2 aliphatic rings. The predicted octanol–water partition coefficient (Wildman–Crippen LogP) is 2.05. The molecule has 4 unspecified atom stereocenters. The largest absolute Gasteiger partial charge is 0.456 e. The molecule has 9 nitrogen and oxygen atoms in total. The zero-order valence-corrected chi connectivity index (χ0v) is 18.0. The molecule has 164 valence electrons. The van der Waals surface area contributed by atoms with E-state index >= 15 is 0 Å². The van der Waals surface area contributed by atoms with Crippen LogP contribution in [0.15, 0.2) is 30.3 Å². The Morgan fingerprint density at radius 1 is 1.19 bits per heavy atom. The third-order valence-corrected chi connectivity index (χ3v) is 6.06. The number of ether oxygens (including phenoxy) is 3. The number of benzene rings is 1. The van der Waals surface area contributed by atoms with Gasteiger partial charge in [-0.05, 0) is 29.9 Å². The molecule has 0 spiro atoms. The first kappa shape index (κ1) is 20.6.